The molecule has 1 N–H and O–H groups in total. The zero-order valence-corrected chi connectivity index (χ0v) is 12.6. The van der Waals surface area contributed by atoms with Gasteiger partial charge in [-0.3, -0.25) is 9.78 Å². The van der Waals surface area contributed by atoms with Crippen molar-refractivity contribution in [2.75, 3.05) is 0 Å². The summed E-state index contributed by atoms with van der Waals surface area (Å²) < 4.78 is 1.55. The quantitative estimate of drug-likeness (QED) is 0.941. The Morgan fingerprint density at radius 2 is 2.05 bits per heavy atom. The minimum absolute atomic E-state index is 0.151. The van der Waals surface area contributed by atoms with Gasteiger partial charge in [0.05, 0.1) is 11.7 Å². The molecule has 5 nitrogen and oxygen atoms in total. The average molecular weight is 298 g/mol. The SMILES string of the molecule is Cc1cccnc1C(C1CC1)n1ccc(C)c(C(=O)O)c1=O. The van der Waals surface area contributed by atoms with E-state index in [1.807, 2.05) is 19.1 Å². The van der Waals surface area contributed by atoms with Crippen LogP contribution in [-0.2, 0) is 0 Å². The molecule has 1 aliphatic rings. The standard InChI is InChI=1S/C17H18N2O3/c1-10-7-9-19(16(20)13(10)17(21)22)15(12-5-6-12)14-11(2)4-3-8-18-14/h3-4,7-9,12,15H,5-6H2,1-2H3,(H,21,22). The number of carboxylic acids is 1. The van der Waals surface area contributed by atoms with Gasteiger partial charge in [-0.25, -0.2) is 4.79 Å². The van der Waals surface area contributed by atoms with Crippen molar-refractivity contribution in [2.24, 2.45) is 5.92 Å². The van der Waals surface area contributed by atoms with Crippen LogP contribution in [-0.4, -0.2) is 20.6 Å². The van der Waals surface area contributed by atoms with Crippen molar-refractivity contribution in [1.29, 1.82) is 0 Å². The van der Waals surface area contributed by atoms with Crippen LogP contribution in [0, 0.1) is 19.8 Å². The fraction of sp³-hybridized carbons (Fsp3) is 0.353. The number of pyridine rings is 2. The number of carbonyl (C=O) groups is 1. The maximum atomic E-state index is 12.6. The van der Waals surface area contributed by atoms with Crippen LogP contribution in [0.2, 0.25) is 0 Å². The Morgan fingerprint density at radius 3 is 2.64 bits per heavy atom. The zero-order valence-electron chi connectivity index (χ0n) is 12.6. The molecule has 0 aromatic carbocycles. The van der Waals surface area contributed by atoms with Gasteiger partial charge in [0.25, 0.3) is 5.56 Å². The number of carboxylic acid groups (broad SMARTS) is 1. The lowest BCUT2D eigenvalue weighted by Gasteiger charge is -2.21. The normalized spacial score (nSPS) is 15.5. The number of nitrogens with zero attached hydrogens (tertiary/aromatic N) is 2. The van der Waals surface area contributed by atoms with Gasteiger partial charge in [0.1, 0.15) is 5.56 Å². The summed E-state index contributed by atoms with van der Waals surface area (Å²) >= 11 is 0. The van der Waals surface area contributed by atoms with Crippen molar-refractivity contribution < 1.29 is 9.90 Å². The van der Waals surface area contributed by atoms with Gasteiger partial charge in [0, 0.05) is 12.4 Å². The maximum absolute atomic E-state index is 12.6. The smallest absolute Gasteiger partial charge is 0.341 e. The summed E-state index contributed by atoms with van der Waals surface area (Å²) in [5, 5.41) is 9.30. The Hall–Kier alpha value is -2.43. The van der Waals surface area contributed by atoms with Gasteiger partial charge in [-0.1, -0.05) is 6.07 Å². The monoisotopic (exact) mass is 298 g/mol. The van der Waals surface area contributed by atoms with E-state index in [2.05, 4.69) is 4.98 Å². The van der Waals surface area contributed by atoms with Gasteiger partial charge in [-0.05, 0) is 55.9 Å². The van der Waals surface area contributed by atoms with Crippen molar-refractivity contribution >= 4 is 5.97 Å². The Morgan fingerprint density at radius 1 is 1.32 bits per heavy atom. The fourth-order valence-corrected chi connectivity index (χ4v) is 2.92. The predicted molar refractivity (Wildman–Crippen MR) is 82.2 cm³/mol. The van der Waals surface area contributed by atoms with E-state index >= 15 is 0 Å². The first-order valence-electron chi connectivity index (χ1n) is 7.37. The Balaban J connectivity index is 2.19. The van der Waals surface area contributed by atoms with Crippen LogP contribution in [0.3, 0.4) is 0 Å². The predicted octanol–water partition coefficient (Wildman–Crippen LogP) is 2.56. The molecule has 3 rings (SSSR count). The van der Waals surface area contributed by atoms with Crippen LogP contribution in [0.15, 0.2) is 35.4 Å². The summed E-state index contributed by atoms with van der Waals surface area (Å²) in [5.41, 5.74) is 1.76. The molecule has 22 heavy (non-hydrogen) atoms. The van der Waals surface area contributed by atoms with Crippen LogP contribution < -0.4 is 5.56 Å². The number of hydrogen-bond acceptors (Lipinski definition) is 3. The van der Waals surface area contributed by atoms with Gasteiger partial charge >= 0.3 is 5.97 Å². The third-order valence-corrected chi connectivity index (χ3v) is 4.24. The lowest BCUT2D eigenvalue weighted by atomic mass is 10.0. The van der Waals surface area contributed by atoms with E-state index in [0.29, 0.717) is 11.5 Å². The molecule has 1 aliphatic carbocycles. The number of hydrogen-bond donors (Lipinski definition) is 1. The topological polar surface area (TPSA) is 72.2 Å². The van der Waals surface area contributed by atoms with E-state index in [-0.39, 0.29) is 11.6 Å². The molecule has 1 atom stereocenters. The molecular weight excluding hydrogens is 280 g/mol. The second-order valence-corrected chi connectivity index (χ2v) is 5.88. The Labute approximate surface area is 128 Å². The second-order valence-electron chi connectivity index (χ2n) is 5.88. The summed E-state index contributed by atoms with van der Waals surface area (Å²) in [5.74, 6) is -0.834. The molecule has 5 heteroatoms. The molecule has 0 aliphatic heterocycles. The molecule has 1 saturated carbocycles. The van der Waals surface area contributed by atoms with E-state index in [9.17, 15) is 14.7 Å². The highest BCUT2D eigenvalue weighted by atomic mass is 16.4. The molecule has 0 bridgehead atoms. The van der Waals surface area contributed by atoms with Crippen LogP contribution in [0.5, 0.6) is 0 Å². The molecule has 2 aromatic rings. The second kappa shape index (κ2) is 5.40. The first-order valence-corrected chi connectivity index (χ1v) is 7.37. The lowest BCUT2D eigenvalue weighted by molar-refractivity contribution is 0.0693. The van der Waals surface area contributed by atoms with Crippen molar-refractivity contribution in [1.82, 2.24) is 9.55 Å². The minimum Gasteiger partial charge on any atom is -0.477 e. The third kappa shape index (κ3) is 2.43. The van der Waals surface area contributed by atoms with E-state index in [0.717, 1.165) is 24.1 Å². The molecule has 2 aromatic heterocycles. The molecular formula is C17H18N2O3. The maximum Gasteiger partial charge on any atom is 0.341 e. The molecule has 0 radical (unpaired) electrons. The molecule has 1 unspecified atom stereocenters. The van der Waals surface area contributed by atoms with E-state index < -0.39 is 11.5 Å². The highest BCUT2D eigenvalue weighted by Crippen LogP contribution is 2.43. The van der Waals surface area contributed by atoms with E-state index in [1.165, 1.54) is 0 Å². The van der Waals surface area contributed by atoms with Crippen molar-refractivity contribution in [3.05, 3.63) is 63.3 Å². The molecule has 0 spiro atoms. The summed E-state index contributed by atoms with van der Waals surface area (Å²) in [7, 11) is 0. The van der Waals surface area contributed by atoms with Crippen molar-refractivity contribution in [2.45, 2.75) is 32.7 Å². The van der Waals surface area contributed by atoms with Crippen LogP contribution >= 0.6 is 0 Å². The summed E-state index contributed by atoms with van der Waals surface area (Å²) in [6, 6.07) is 5.34. The molecule has 0 saturated heterocycles. The van der Waals surface area contributed by atoms with Crippen LogP contribution in [0.1, 0.15) is 46.1 Å². The first kappa shape index (κ1) is 14.5. The molecule has 2 heterocycles. The number of aromatic nitrogens is 2. The summed E-state index contributed by atoms with van der Waals surface area (Å²) in [4.78, 5) is 28.5. The molecule has 114 valence electrons. The van der Waals surface area contributed by atoms with Gasteiger partial charge in [0.15, 0.2) is 0 Å². The minimum atomic E-state index is -1.18. The van der Waals surface area contributed by atoms with Crippen LogP contribution in [0.4, 0.5) is 0 Å². The van der Waals surface area contributed by atoms with E-state index in [1.54, 1.807) is 30.0 Å². The Bertz CT molecular complexity index is 791. The third-order valence-electron chi connectivity index (χ3n) is 4.24. The van der Waals surface area contributed by atoms with Crippen molar-refractivity contribution in [3.8, 4) is 0 Å². The summed E-state index contributed by atoms with van der Waals surface area (Å²) in [6.07, 6.45) is 5.48. The zero-order chi connectivity index (χ0) is 15.9. The van der Waals surface area contributed by atoms with Gasteiger partial charge in [-0.15, -0.1) is 0 Å². The number of aromatic carboxylic acids is 1. The van der Waals surface area contributed by atoms with Gasteiger partial charge in [-0.2, -0.15) is 0 Å². The van der Waals surface area contributed by atoms with Gasteiger partial charge < -0.3 is 9.67 Å². The average Bonchev–Trinajstić information content (AvgIpc) is 3.28. The number of rotatable bonds is 4. The van der Waals surface area contributed by atoms with Gasteiger partial charge in [0.2, 0.25) is 0 Å². The van der Waals surface area contributed by atoms with E-state index in [4.69, 9.17) is 0 Å². The summed E-state index contributed by atoms with van der Waals surface area (Å²) in [6.45, 7) is 3.61. The highest BCUT2D eigenvalue weighted by Gasteiger charge is 2.36. The highest BCUT2D eigenvalue weighted by molar-refractivity contribution is 5.88. The number of aryl methyl sites for hydroxylation is 2. The molecule has 1 fully saturated rings. The Kier molecular flexibility index (Phi) is 3.56. The largest absolute Gasteiger partial charge is 0.477 e. The van der Waals surface area contributed by atoms with Crippen molar-refractivity contribution in [3.63, 3.8) is 0 Å². The fourth-order valence-electron chi connectivity index (χ4n) is 2.92. The first-order chi connectivity index (χ1) is 10.5. The van der Waals surface area contributed by atoms with Crippen LogP contribution in [0.25, 0.3) is 0 Å². The molecule has 0 amide bonds. The lowest BCUT2D eigenvalue weighted by Crippen LogP contribution is -2.32.